The van der Waals surface area contributed by atoms with Gasteiger partial charge >= 0.3 is 0 Å². The first-order valence-corrected chi connectivity index (χ1v) is 10.5. The first-order chi connectivity index (χ1) is 14.7. The Morgan fingerprint density at radius 1 is 0.968 bits per heavy atom. The van der Waals surface area contributed by atoms with Crippen LogP contribution in [0.4, 0.5) is 11.4 Å². The molecule has 0 saturated carbocycles. The van der Waals surface area contributed by atoms with E-state index in [0.29, 0.717) is 32.7 Å². The van der Waals surface area contributed by atoms with Crippen molar-refractivity contribution in [3.8, 4) is 11.3 Å². The standard InChI is InChI=1S/C22H19Cl2N3O3S/c1-12(2)20(28)25-14-4-3-5-15(11-14)26-22(31)27-21(29)19-9-8-18(30-19)16-7-6-13(23)10-17(16)24/h3-12H,1-2H3,(H,25,28)(H2,26,27,29,31). The van der Waals surface area contributed by atoms with Gasteiger partial charge in [-0.25, -0.2) is 0 Å². The molecule has 31 heavy (non-hydrogen) atoms. The molecule has 1 aromatic heterocycles. The predicted molar refractivity (Wildman–Crippen MR) is 128 cm³/mol. The number of amides is 2. The summed E-state index contributed by atoms with van der Waals surface area (Å²) in [7, 11) is 0. The van der Waals surface area contributed by atoms with E-state index in [1.54, 1.807) is 48.5 Å². The summed E-state index contributed by atoms with van der Waals surface area (Å²) in [5, 5.41) is 9.27. The molecule has 0 aliphatic heterocycles. The summed E-state index contributed by atoms with van der Waals surface area (Å²) in [5.41, 5.74) is 1.85. The summed E-state index contributed by atoms with van der Waals surface area (Å²) in [4.78, 5) is 24.3. The van der Waals surface area contributed by atoms with Gasteiger partial charge in [-0.1, -0.05) is 43.1 Å². The van der Waals surface area contributed by atoms with Crippen molar-refractivity contribution in [3.05, 3.63) is 70.4 Å². The predicted octanol–water partition coefficient (Wildman–Crippen LogP) is 5.97. The molecule has 0 fully saturated rings. The maximum Gasteiger partial charge on any atom is 0.293 e. The van der Waals surface area contributed by atoms with Crippen LogP contribution in [0.15, 0.2) is 59.0 Å². The number of carbonyl (C=O) groups is 2. The number of benzene rings is 2. The molecule has 3 N–H and O–H groups in total. The van der Waals surface area contributed by atoms with Crippen LogP contribution in [0.5, 0.6) is 0 Å². The lowest BCUT2D eigenvalue weighted by molar-refractivity contribution is -0.118. The van der Waals surface area contributed by atoms with Crippen LogP contribution in [0, 0.1) is 5.92 Å². The Morgan fingerprint density at radius 3 is 2.35 bits per heavy atom. The lowest BCUT2D eigenvalue weighted by Gasteiger charge is -2.11. The molecule has 0 atom stereocenters. The molecule has 160 valence electrons. The second kappa shape index (κ2) is 9.96. The smallest absolute Gasteiger partial charge is 0.293 e. The van der Waals surface area contributed by atoms with Crippen LogP contribution in [-0.2, 0) is 4.79 Å². The molecule has 0 saturated heterocycles. The molecule has 0 aliphatic carbocycles. The second-order valence-electron chi connectivity index (χ2n) is 6.92. The first kappa shape index (κ1) is 22.8. The minimum atomic E-state index is -0.516. The molecule has 6 nitrogen and oxygen atoms in total. The summed E-state index contributed by atoms with van der Waals surface area (Å²) < 4.78 is 5.61. The van der Waals surface area contributed by atoms with Crippen LogP contribution in [0.25, 0.3) is 11.3 Å². The molecule has 3 aromatic rings. The molecule has 0 unspecified atom stereocenters. The number of nitrogens with one attached hydrogen (secondary N) is 3. The van der Waals surface area contributed by atoms with E-state index in [9.17, 15) is 9.59 Å². The molecule has 0 radical (unpaired) electrons. The monoisotopic (exact) mass is 475 g/mol. The minimum Gasteiger partial charge on any atom is -0.451 e. The van der Waals surface area contributed by atoms with Crippen molar-refractivity contribution in [2.24, 2.45) is 5.92 Å². The van der Waals surface area contributed by atoms with E-state index in [4.69, 9.17) is 39.8 Å². The van der Waals surface area contributed by atoms with Gasteiger partial charge in [0.05, 0.1) is 5.02 Å². The van der Waals surface area contributed by atoms with Crippen molar-refractivity contribution in [1.29, 1.82) is 0 Å². The number of furan rings is 1. The van der Waals surface area contributed by atoms with Crippen molar-refractivity contribution in [3.63, 3.8) is 0 Å². The zero-order chi connectivity index (χ0) is 22.5. The van der Waals surface area contributed by atoms with Crippen molar-refractivity contribution < 1.29 is 14.0 Å². The van der Waals surface area contributed by atoms with Gasteiger partial charge in [0.15, 0.2) is 10.9 Å². The van der Waals surface area contributed by atoms with Gasteiger partial charge in [-0.05, 0) is 60.7 Å². The highest BCUT2D eigenvalue weighted by molar-refractivity contribution is 7.80. The third kappa shape index (κ3) is 6.07. The van der Waals surface area contributed by atoms with Gasteiger partial charge < -0.3 is 15.1 Å². The molecule has 9 heteroatoms. The molecular weight excluding hydrogens is 457 g/mol. The van der Waals surface area contributed by atoms with E-state index >= 15 is 0 Å². The molecule has 0 spiro atoms. The van der Waals surface area contributed by atoms with Gasteiger partial charge in [0.25, 0.3) is 5.91 Å². The van der Waals surface area contributed by atoms with E-state index in [1.165, 1.54) is 6.07 Å². The highest BCUT2D eigenvalue weighted by Crippen LogP contribution is 2.31. The topological polar surface area (TPSA) is 83.4 Å². The number of hydrogen-bond donors (Lipinski definition) is 3. The molecule has 2 aromatic carbocycles. The van der Waals surface area contributed by atoms with E-state index < -0.39 is 5.91 Å². The maximum absolute atomic E-state index is 12.5. The molecule has 0 bridgehead atoms. The lowest BCUT2D eigenvalue weighted by Crippen LogP contribution is -2.33. The van der Waals surface area contributed by atoms with Crippen LogP contribution < -0.4 is 16.0 Å². The van der Waals surface area contributed by atoms with Gasteiger partial charge in [0, 0.05) is 27.9 Å². The van der Waals surface area contributed by atoms with Crippen LogP contribution >= 0.6 is 35.4 Å². The van der Waals surface area contributed by atoms with Crippen LogP contribution in [-0.4, -0.2) is 16.9 Å². The molecular formula is C22H19Cl2N3O3S. The Bertz CT molecular complexity index is 1140. The zero-order valence-corrected chi connectivity index (χ0v) is 19.0. The fraction of sp³-hybridized carbons (Fsp3) is 0.136. The summed E-state index contributed by atoms with van der Waals surface area (Å²) in [5.74, 6) is -0.249. The Labute approximate surface area is 194 Å². The maximum atomic E-state index is 12.5. The van der Waals surface area contributed by atoms with Crippen molar-refractivity contribution >= 4 is 63.7 Å². The summed E-state index contributed by atoms with van der Waals surface area (Å²) in [6.45, 7) is 3.62. The fourth-order valence-electron chi connectivity index (χ4n) is 2.58. The highest BCUT2D eigenvalue weighted by atomic mass is 35.5. The van der Waals surface area contributed by atoms with Gasteiger partial charge in [0.2, 0.25) is 5.91 Å². The average molecular weight is 476 g/mol. The Kier molecular flexibility index (Phi) is 7.33. The van der Waals surface area contributed by atoms with Crippen LogP contribution in [0.2, 0.25) is 10.0 Å². The van der Waals surface area contributed by atoms with Crippen molar-refractivity contribution in [2.75, 3.05) is 10.6 Å². The lowest BCUT2D eigenvalue weighted by atomic mass is 10.2. The summed E-state index contributed by atoms with van der Waals surface area (Å²) >= 11 is 17.3. The van der Waals surface area contributed by atoms with Crippen LogP contribution in [0.3, 0.4) is 0 Å². The SMILES string of the molecule is CC(C)C(=O)Nc1cccc(NC(=S)NC(=O)c2ccc(-c3ccc(Cl)cc3Cl)o2)c1. The Balaban J connectivity index is 1.63. The molecule has 3 rings (SSSR count). The number of thiocarbonyl (C=S) groups is 1. The van der Waals surface area contributed by atoms with E-state index in [0.717, 1.165) is 0 Å². The van der Waals surface area contributed by atoms with Crippen molar-refractivity contribution in [1.82, 2.24) is 5.32 Å². The van der Waals surface area contributed by atoms with Crippen LogP contribution in [0.1, 0.15) is 24.4 Å². The van der Waals surface area contributed by atoms with E-state index in [1.807, 2.05) is 13.8 Å². The number of halogens is 2. The highest BCUT2D eigenvalue weighted by Gasteiger charge is 2.15. The van der Waals surface area contributed by atoms with Gasteiger partial charge in [-0.15, -0.1) is 0 Å². The summed E-state index contributed by atoms with van der Waals surface area (Å²) in [6.07, 6.45) is 0. The molecule has 1 heterocycles. The van der Waals surface area contributed by atoms with E-state index in [2.05, 4.69) is 16.0 Å². The summed E-state index contributed by atoms with van der Waals surface area (Å²) in [6, 6.07) is 15.2. The molecule has 0 aliphatic rings. The minimum absolute atomic E-state index is 0.0723. The second-order valence-corrected chi connectivity index (χ2v) is 8.17. The van der Waals surface area contributed by atoms with Gasteiger partial charge in [-0.2, -0.15) is 0 Å². The molecule has 2 amide bonds. The Hall–Kier alpha value is -2.87. The largest absolute Gasteiger partial charge is 0.451 e. The van der Waals surface area contributed by atoms with E-state index in [-0.39, 0.29) is 22.7 Å². The normalized spacial score (nSPS) is 10.6. The first-order valence-electron chi connectivity index (χ1n) is 9.31. The number of carbonyl (C=O) groups excluding carboxylic acids is 2. The fourth-order valence-corrected chi connectivity index (χ4v) is 3.29. The van der Waals surface area contributed by atoms with Gasteiger partial charge in [-0.3, -0.25) is 14.9 Å². The number of anilines is 2. The third-order valence-electron chi connectivity index (χ3n) is 4.17. The third-order valence-corrected chi connectivity index (χ3v) is 4.92. The Morgan fingerprint density at radius 2 is 1.68 bits per heavy atom. The quantitative estimate of drug-likeness (QED) is 0.395. The average Bonchev–Trinajstić information content (AvgIpc) is 3.18. The van der Waals surface area contributed by atoms with Crippen molar-refractivity contribution in [2.45, 2.75) is 13.8 Å². The zero-order valence-electron chi connectivity index (χ0n) is 16.7. The van der Waals surface area contributed by atoms with Gasteiger partial charge in [0.1, 0.15) is 5.76 Å². The number of rotatable bonds is 5. The number of hydrogen-bond acceptors (Lipinski definition) is 4.